The topological polar surface area (TPSA) is 29.1 Å². The summed E-state index contributed by atoms with van der Waals surface area (Å²) < 4.78 is 0. The number of carbonyl (C=O) groups is 1. The van der Waals surface area contributed by atoms with Gasteiger partial charge < -0.3 is 5.32 Å². The molecule has 1 aliphatic carbocycles. The molecule has 0 bridgehead atoms. The lowest BCUT2D eigenvalue weighted by Gasteiger charge is -2.39. The quantitative estimate of drug-likeness (QED) is 0.874. The highest BCUT2D eigenvalue weighted by atomic mass is 16.1. The Hall–Kier alpha value is -1.83. The van der Waals surface area contributed by atoms with Crippen LogP contribution in [0.4, 0.5) is 0 Å². The first-order valence-electron chi connectivity index (χ1n) is 8.69. The molecule has 1 saturated carbocycles. The first-order valence-corrected chi connectivity index (χ1v) is 8.69. The molecule has 2 aromatic carbocycles. The summed E-state index contributed by atoms with van der Waals surface area (Å²) >= 11 is 0. The molecule has 2 nitrogen and oxygen atoms in total. The Balaban J connectivity index is 1.69. The SMILES string of the molecule is C[C@H]1C[C@H](NC(=O)Cc2cccc3ccccc23)CC(C)(C)C1. The van der Waals surface area contributed by atoms with Crippen LogP contribution in [0.5, 0.6) is 0 Å². The van der Waals surface area contributed by atoms with Gasteiger partial charge in [0.1, 0.15) is 0 Å². The number of hydrogen-bond donors (Lipinski definition) is 1. The Morgan fingerprint density at radius 2 is 1.87 bits per heavy atom. The van der Waals surface area contributed by atoms with Crippen molar-refractivity contribution >= 4 is 16.7 Å². The summed E-state index contributed by atoms with van der Waals surface area (Å²) in [7, 11) is 0. The standard InChI is InChI=1S/C21H27NO/c1-15-11-18(14-21(2,3)13-15)22-20(23)12-17-9-6-8-16-7-4-5-10-19(16)17/h4-10,15,18H,11-14H2,1-3H3,(H,22,23)/t15-,18-/m0/s1. The lowest BCUT2D eigenvalue weighted by molar-refractivity contribution is -0.121. The normalized spacial score (nSPS) is 23.6. The number of amides is 1. The zero-order valence-electron chi connectivity index (χ0n) is 14.4. The van der Waals surface area contributed by atoms with Gasteiger partial charge in [-0.25, -0.2) is 0 Å². The average molecular weight is 309 g/mol. The molecule has 0 aliphatic heterocycles. The van der Waals surface area contributed by atoms with E-state index in [0.717, 1.165) is 18.4 Å². The van der Waals surface area contributed by atoms with E-state index in [2.05, 4.69) is 50.4 Å². The molecule has 1 N–H and O–H groups in total. The zero-order chi connectivity index (χ0) is 16.4. The van der Waals surface area contributed by atoms with Gasteiger partial charge in [-0.05, 0) is 46.9 Å². The summed E-state index contributed by atoms with van der Waals surface area (Å²) in [5.41, 5.74) is 1.44. The van der Waals surface area contributed by atoms with Crippen LogP contribution in [0.1, 0.15) is 45.6 Å². The second kappa shape index (κ2) is 6.35. The van der Waals surface area contributed by atoms with Gasteiger partial charge in [0, 0.05) is 6.04 Å². The highest BCUT2D eigenvalue weighted by Crippen LogP contribution is 2.38. The van der Waals surface area contributed by atoms with Gasteiger partial charge in [0.2, 0.25) is 5.91 Å². The molecule has 1 amide bonds. The minimum absolute atomic E-state index is 0.149. The van der Waals surface area contributed by atoms with Crippen molar-refractivity contribution in [1.29, 1.82) is 0 Å². The third-order valence-corrected chi connectivity index (χ3v) is 4.98. The summed E-state index contributed by atoms with van der Waals surface area (Å²) in [6.07, 6.45) is 3.90. The van der Waals surface area contributed by atoms with Crippen molar-refractivity contribution in [3.8, 4) is 0 Å². The highest BCUT2D eigenvalue weighted by Gasteiger charge is 2.32. The molecule has 1 fully saturated rings. The molecule has 0 radical (unpaired) electrons. The van der Waals surface area contributed by atoms with Crippen LogP contribution in [0.2, 0.25) is 0 Å². The molecular formula is C21H27NO. The fourth-order valence-electron chi connectivity index (χ4n) is 4.35. The lowest BCUT2D eigenvalue weighted by atomic mass is 9.70. The van der Waals surface area contributed by atoms with Gasteiger partial charge in [-0.1, -0.05) is 63.2 Å². The fraction of sp³-hybridized carbons (Fsp3) is 0.476. The first kappa shape index (κ1) is 16.0. The van der Waals surface area contributed by atoms with E-state index in [1.807, 2.05) is 18.2 Å². The van der Waals surface area contributed by atoms with Gasteiger partial charge in [0.25, 0.3) is 0 Å². The van der Waals surface area contributed by atoms with Crippen LogP contribution in [-0.4, -0.2) is 11.9 Å². The molecule has 2 atom stereocenters. The molecule has 2 heteroatoms. The first-order chi connectivity index (χ1) is 10.9. The van der Waals surface area contributed by atoms with Crippen LogP contribution in [0.3, 0.4) is 0 Å². The van der Waals surface area contributed by atoms with Crippen LogP contribution in [0, 0.1) is 11.3 Å². The van der Waals surface area contributed by atoms with Gasteiger partial charge in [-0.15, -0.1) is 0 Å². The van der Waals surface area contributed by atoms with Crippen molar-refractivity contribution in [2.75, 3.05) is 0 Å². The summed E-state index contributed by atoms with van der Waals surface area (Å²) in [4.78, 5) is 12.5. The third kappa shape index (κ3) is 3.93. The van der Waals surface area contributed by atoms with Crippen molar-refractivity contribution in [2.24, 2.45) is 11.3 Å². The minimum atomic E-state index is 0.149. The highest BCUT2D eigenvalue weighted by molar-refractivity contribution is 5.90. The van der Waals surface area contributed by atoms with Crippen LogP contribution in [0.25, 0.3) is 10.8 Å². The smallest absolute Gasteiger partial charge is 0.224 e. The van der Waals surface area contributed by atoms with E-state index in [1.54, 1.807) is 0 Å². The number of nitrogens with one attached hydrogen (secondary N) is 1. The second-order valence-electron chi connectivity index (χ2n) is 7.99. The van der Waals surface area contributed by atoms with Crippen molar-refractivity contribution in [3.63, 3.8) is 0 Å². The summed E-state index contributed by atoms with van der Waals surface area (Å²) in [6, 6.07) is 14.8. The Bertz CT molecular complexity index is 699. The molecule has 2 aromatic rings. The van der Waals surface area contributed by atoms with Gasteiger partial charge in [0.05, 0.1) is 6.42 Å². The predicted octanol–water partition coefficient (Wildman–Crippen LogP) is 4.71. The van der Waals surface area contributed by atoms with E-state index in [0.29, 0.717) is 23.8 Å². The molecule has 0 unspecified atom stereocenters. The molecule has 3 rings (SSSR count). The molecule has 0 heterocycles. The number of benzene rings is 2. The summed E-state index contributed by atoms with van der Waals surface area (Å²) in [6.45, 7) is 6.92. The predicted molar refractivity (Wildman–Crippen MR) is 96.4 cm³/mol. The maximum atomic E-state index is 12.5. The van der Waals surface area contributed by atoms with Crippen LogP contribution in [-0.2, 0) is 11.2 Å². The number of fused-ring (bicyclic) bond motifs is 1. The monoisotopic (exact) mass is 309 g/mol. The minimum Gasteiger partial charge on any atom is -0.353 e. The molecule has 0 aromatic heterocycles. The van der Waals surface area contributed by atoms with Crippen molar-refractivity contribution in [2.45, 2.75) is 52.5 Å². The van der Waals surface area contributed by atoms with Gasteiger partial charge >= 0.3 is 0 Å². The van der Waals surface area contributed by atoms with Crippen LogP contribution >= 0.6 is 0 Å². The van der Waals surface area contributed by atoms with E-state index in [-0.39, 0.29) is 5.91 Å². The second-order valence-corrected chi connectivity index (χ2v) is 7.99. The molecule has 1 aliphatic rings. The van der Waals surface area contributed by atoms with Crippen LogP contribution < -0.4 is 5.32 Å². The van der Waals surface area contributed by atoms with Gasteiger partial charge in [-0.2, -0.15) is 0 Å². The summed E-state index contributed by atoms with van der Waals surface area (Å²) in [5.74, 6) is 0.831. The fourth-order valence-corrected chi connectivity index (χ4v) is 4.35. The average Bonchev–Trinajstić information content (AvgIpc) is 2.45. The van der Waals surface area contributed by atoms with E-state index in [1.165, 1.54) is 17.2 Å². The van der Waals surface area contributed by atoms with Crippen molar-refractivity contribution < 1.29 is 4.79 Å². The van der Waals surface area contributed by atoms with E-state index in [4.69, 9.17) is 0 Å². The van der Waals surface area contributed by atoms with Crippen molar-refractivity contribution in [1.82, 2.24) is 5.32 Å². The maximum absolute atomic E-state index is 12.5. The zero-order valence-corrected chi connectivity index (χ0v) is 14.4. The Morgan fingerprint density at radius 1 is 1.13 bits per heavy atom. The Morgan fingerprint density at radius 3 is 2.65 bits per heavy atom. The molecule has 0 spiro atoms. The van der Waals surface area contributed by atoms with Crippen molar-refractivity contribution in [3.05, 3.63) is 48.0 Å². The molecule has 122 valence electrons. The third-order valence-electron chi connectivity index (χ3n) is 4.98. The lowest BCUT2D eigenvalue weighted by Crippen LogP contribution is -2.43. The molecule has 23 heavy (non-hydrogen) atoms. The van der Waals surface area contributed by atoms with E-state index in [9.17, 15) is 4.79 Å². The van der Waals surface area contributed by atoms with Gasteiger partial charge in [-0.3, -0.25) is 4.79 Å². The number of carbonyl (C=O) groups excluding carboxylic acids is 1. The maximum Gasteiger partial charge on any atom is 0.224 e. The number of rotatable bonds is 3. The van der Waals surface area contributed by atoms with Gasteiger partial charge in [0.15, 0.2) is 0 Å². The molecular weight excluding hydrogens is 282 g/mol. The van der Waals surface area contributed by atoms with E-state index < -0.39 is 0 Å². The number of hydrogen-bond acceptors (Lipinski definition) is 1. The van der Waals surface area contributed by atoms with E-state index >= 15 is 0 Å². The largest absolute Gasteiger partial charge is 0.353 e. The van der Waals surface area contributed by atoms with Crippen LogP contribution in [0.15, 0.2) is 42.5 Å². The molecule has 0 saturated heterocycles. The summed E-state index contributed by atoms with van der Waals surface area (Å²) in [5, 5.41) is 5.66. The Kier molecular flexibility index (Phi) is 4.43. The Labute approximate surface area is 139 Å².